The first kappa shape index (κ1) is 17.3. The third kappa shape index (κ3) is 3.67. The summed E-state index contributed by atoms with van der Waals surface area (Å²) in [6.07, 6.45) is 1.42. The number of rotatable bonds is 6. The largest absolute Gasteiger partial charge is 0.486 e. The molecule has 0 spiro atoms. The fourth-order valence-electron chi connectivity index (χ4n) is 2.75. The molecule has 1 N–H and O–H groups in total. The summed E-state index contributed by atoms with van der Waals surface area (Å²) >= 11 is 1.65. The normalized spacial score (nSPS) is 13.8. The van der Waals surface area contributed by atoms with Crippen molar-refractivity contribution in [1.29, 1.82) is 0 Å². The molecule has 0 aliphatic carbocycles. The topological polar surface area (TPSA) is 77.5 Å². The Morgan fingerprint density at radius 2 is 1.88 bits per heavy atom. The standard InChI is InChI=1S/C18H18N2O4S2/c21-26(22,13-7-8-15-16(12-13)24-11-10-23-15)19-9-3-6-18-20-14-4-1-2-5-17(14)25-18/h1-2,4-5,7-8,12,19H,3,6,9-11H2. The average Bonchev–Trinajstić information content (AvgIpc) is 3.08. The predicted molar refractivity (Wildman–Crippen MR) is 101 cm³/mol. The molecule has 0 saturated carbocycles. The molecule has 136 valence electrons. The average molecular weight is 390 g/mol. The number of benzene rings is 2. The molecule has 0 bridgehead atoms. The minimum Gasteiger partial charge on any atom is -0.486 e. The molecule has 1 aromatic heterocycles. The predicted octanol–water partition coefficient (Wildman–Crippen LogP) is 2.98. The Kier molecular flexibility index (Phi) is 4.80. The van der Waals surface area contributed by atoms with E-state index >= 15 is 0 Å². The van der Waals surface area contributed by atoms with E-state index in [1.165, 1.54) is 12.1 Å². The van der Waals surface area contributed by atoms with Gasteiger partial charge in [-0.25, -0.2) is 18.1 Å². The Labute approximate surface area is 155 Å². The summed E-state index contributed by atoms with van der Waals surface area (Å²) < 4.78 is 39.6. The Hall–Kier alpha value is -2.16. The fourth-order valence-corrected chi connectivity index (χ4v) is 4.85. The van der Waals surface area contributed by atoms with Gasteiger partial charge in [-0.1, -0.05) is 12.1 Å². The minimum absolute atomic E-state index is 0.182. The van der Waals surface area contributed by atoms with E-state index < -0.39 is 10.0 Å². The van der Waals surface area contributed by atoms with Gasteiger partial charge in [-0.3, -0.25) is 0 Å². The van der Waals surface area contributed by atoms with Gasteiger partial charge in [0.25, 0.3) is 0 Å². The van der Waals surface area contributed by atoms with Gasteiger partial charge < -0.3 is 9.47 Å². The molecule has 6 nitrogen and oxygen atoms in total. The molecule has 1 aliphatic heterocycles. The zero-order valence-corrected chi connectivity index (χ0v) is 15.6. The lowest BCUT2D eigenvalue weighted by molar-refractivity contribution is 0.171. The number of hydrogen-bond acceptors (Lipinski definition) is 6. The van der Waals surface area contributed by atoms with Crippen LogP contribution in [0.1, 0.15) is 11.4 Å². The van der Waals surface area contributed by atoms with Crippen LogP contribution in [0, 0.1) is 0 Å². The fraction of sp³-hybridized carbons (Fsp3) is 0.278. The maximum Gasteiger partial charge on any atom is 0.240 e. The third-order valence-corrected chi connectivity index (χ3v) is 6.58. The number of aryl methyl sites for hydroxylation is 1. The second-order valence-electron chi connectivity index (χ2n) is 5.88. The van der Waals surface area contributed by atoms with Crippen molar-refractivity contribution in [2.45, 2.75) is 17.7 Å². The van der Waals surface area contributed by atoms with Gasteiger partial charge in [0.1, 0.15) is 13.2 Å². The van der Waals surface area contributed by atoms with Crippen LogP contribution in [-0.2, 0) is 16.4 Å². The highest BCUT2D eigenvalue weighted by molar-refractivity contribution is 7.89. The molecule has 0 atom stereocenters. The van der Waals surface area contributed by atoms with Gasteiger partial charge in [-0.15, -0.1) is 11.3 Å². The SMILES string of the molecule is O=S(=O)(NCCCc1nc2ccccc2s1)c1ccc2c(c1)OCCO2. The Morgan fingerprint density at radius 3 is 2.73 bits per heavy atom. The van der Waals surface area contributed by atoms with Gasteiger partial charge in [0.05, 0.1) is 20.1 Å². The number of sulfonamides is 1. The van der Waals surface area contributed by atoms with Crippen molar-refractivity contribution in [3.8, 4) is 11.5 Å². The molecule has 0 saturated heterocycles. The van der Waals surface area contributed by atoms with Gasteiger partial charge in [0.2, 0.25) is 10.0 Å². The molecule has 8 heteroatoms. The number of nitrogens with one attached hydrogen (secondary N) is 1. The van der Waals surface area contributed by atoms with E-state index in [1.807, 2.05) is 24.3 Å². The van der Waals surface area contributed by atoms with Crippen molar-refractivity contribution in [1.82, 2.24) is 9.71 Å². The van der Waals surface area contributed by atoms with Crippen LogP contribution in [-0.4, -0.2) is 33.2 Å². The molecule has 3 aromatic rings. The monoisotopic (exact) mass is 390 g/mol. The Morgan fingerprint density at radius 1 is 1.08 bits per heavy atom. The van der Waals surface area contributed by atoms with Crippen LogP contribution < -0.4 is 14.2 Å². The highest BCUT2D eigenvalue weighted by Crippen LogP contribution is 2.32. The quantitative estimate of drug-likeness (QED) is 0.655. The molecular formula is C18H18N2O4S2. The minimum atomic E-state index is -3.58. The first-order valence-corrected chi connectivity index (χ1v) is 10.7. The number of ether oxygens (including phenoxy) is 2. The van der Waals surface area contributed by atoms with Crippen LogP contribution in [0.5, 0.6) is 11.5 Å². The first-order chi connectivity index (χ1) is 12.6. The second-order valence-corrected chi connectivity index (χ2v) is 8.76. The number of thiazole rings is 1. The van der Waals surface area contributed by atoms with Crippen LogP contribution in [0.2, 0.25) is 0 Å². The summed E-state index contributed by atoms with van der Waals surface area (Å²) in [5.74, 6) is 1.04. The molecule has 0 fully saturated rings. The van der Waals surface area contributed by atoms with Crippen molar-refractivity contribution < 1.29 is 17.9 Å². The summed E-state index contributed by atoms with van der Waals surface area (Å²) in [6, 6.07) is 12.7. The maximum atomic E-state index is 12.4. The lowest BCUT2D eigenvalue weighted by Crippen LogP contribution is -2.25. The van der Waals surface area contributed by atoms with Crippen LogP contribution >= 0.6 is 11.3 Å². The Bertz CT molecular complexity index is 998. The number of hydrogen-bond donors (Lipinski definition) is 1. The summed E-state index contributed by atoms with van der Waals surface area (Å²) in [5, 5.41) is 1.02. The molecule has 2 aromatic carbocycles. The van der Waals surface area contributed by atoms with Gasteiger partial charge in [-0.05, 0) is 30.7 Å². The molecule has 26 heavy (non-hydrogen) atoms. The van der Waals surface area contributed by atoms with Gasteiger partial charge in [0, 0.05) is 19.0 Å². The molecule has 4 rings (SSSR count). The summed E-state index contributed by atoms with van der Waals surface area (Å²) in [6.45, 7) is 1.25. The van der Waals surface area contributed by atoms with Crippen molar-refractivity contribution in [3.63, 3.8) is 0 Å². The van der Waals surface area contributed by atoms with Crippen molar-refractivity contribution in [2.24, 2.45) is 0 Å². The number of aromatic nitrogens is 1. The number of para-hydroxylation sites is 1. The smallest absolute Gasteiger partial charge is 0.240 e. The molecular weight excluding hydrogens is 372 g/mol. The second kappa shape index (κ2) is 7.22. The van der Waals surface area contributed by atoms with E-state index in [-0.39, 0.29) is 4.90 Å². The molecule has 0 amide bonds. The molecule has 0 radical (unpaired) electrons. The summed E-state index contributed by atoms with van der Waals surface area (Å²) in [7, 11) is -3.58. The zero-order chi connectivity index (χ0) is 18.0. The lowest BCUT2D eigenvalue weighted by Gasteiger charge is -2.18. The van der Waals surface area contributed by atoms with E-state index in [4.69, 9.17) is 9.47 Å². The maximum absolute atomic E-state index is 12.4. The van der Waals surface area contributed by atoms with E-state index in [1.54, 1.807) is 17.4 Å². The van der Waals surface area contributed by atoms with Gasteiger partial charge >= 0.3 is 0 Å². The van der Waals surface area contributed by atoms with E-state index in [9.17, 15) is 8.42 Å². The van der Waals surface area contributed by atoms with Gasteiger partial charge in [0.15, 0.2) is 11.5 Å². The highest BCUT2D eigenvalue weighted by Gasteiger charge is 2.19. The van der Waals surface area contributed by atoms with E-state index in [0.717, 1.165) is 21.6 Å². The molecule has 0 unspecified atom stereocenters. The summed E-state index contributed by atoms with van der Waals surface area (Å²) in [4.78, 5) is 4.75. The number of nitrogens with zero attached hydrogens (tertiary/aromatic N) is 1. The first-order valence-electron chi connectivity index (χ1n) is 8.36. The van der Waals surface area contributed by atoms with Crippen LogP contribution in [0.25, 0.3) is 10.2 Å². The Balaban J connectivity index is 1.36. The van der Waals surface area contributed by atoms with Crippen LogP contribution in [0.4, 0.5) is 0 Å². The zero-order valence-electron chi connectivity index (χ0n) is 14.0. The van der Waals surface area contributed by atoms with Crippen LogP contribution in [0.3, 0.4) is 0 Å². The van der Waals surface area contributed by atoms with Crippen molar-refractivity contribution in [3.05, 3.63) is 47.5 Å². The van der Waals surface area contributed by atoms with E-state index in [2.05, 4.69) is 9.71 Å². The number of fused-ring (bicyclic) bond motifs is 2. The third-order valence-electron chi connectivity index (χ3n) is 4.02. The van der Waals surface area contributed by atoms with Crippen LogP contribution in [0.15, 0.2) is 47.4 Å². The van der Waals surface area contributed by atoms with Gasteiger partial charge in [-0.2, -0.15) is 0 Å². The summed E-state index contributed by atoms with van der Waals surface area (Å²) in [5.41, 5.74) is 0.990. The van der Waals surface area contributed by atoms with Crippen molar-refractivity contribution in [2.75, 3.05) is 19.8 Å². The van der Waals surface area contributed by atoms with E-state index in [0.29, 0.717) is 37.7 Å². The molecule has 2 heterocycles. The molecule has 1 aliphatic rings. The highest BCUT2D eigenvalue weighted by atomic mass is 32.2. The van der Waals surface area contributed by atoms with Crippen molar-refractivity contribution >= 4 is 31.6 Å². The lowest BCUT2D eigenvalue weighted by atomic mass is 10.3.